The van der Waals surface area contributed by atoms with E-state index in [1.807, 2.05) is 0 Å². The van der Waals surface area contributed by atoms with Gasteiger partial charge in [0.25, 0.3) is 0 Å². The molecule has 0 spiro atoms. The molecule has 0 aliphatic heterocycles. The first-order valence-corrected chi connectivity index (χ1v) is 23.0. The van der Waals surface area contributed by atoms with E-state index in [0.29, 0.717) is 22.3 Å². The molecule has 4 atom stereocenters. The van der Waals surface area contributed by atoms with Gasteiger partial charge in [-0.05, 0) is 110 Å². The van der Waals surface area contributed by atoms with Gasteiger partial charge in [0, 0.05) is 32.6 Å². The minimum Gasteiger partial charge on any atom is -0.504 e. The molecule has 0 aliphatic rings. The van der Waals surface area contributed by atoms with E-state index in [4.69, 9.17) is 28.4 Å². The Morgan fingerprint density at radius 1 is 0.514 bits per heavy atom. The maximum atomic E-state index is 13.5. The first-order valence-electron chi connectivity index (χ1n) is 23.0. The predicted molar refractivity (Wildman–Crippen MR) is 255 cm³/mol. The van der Waals surface area contributed by atoms with Gasteiger partial charge >= 0.3 is 35.8 Å². The second-order valence-electron chi connectivity index (χ2n) is 16.8. The van der Waals surface area contributed by atoms with Crippen LogP contribution in [0.4, 0.5) is 0 Å². The fourth-order valence-corrected chi connectivity index (χ4v) is 6.96. The lowest BCUT2D eigenvalue weighted by molar-refractivity contribution is -0.157. The molecule has 72 heavy (non-hydrogen) atoms. The highest BCUT2D eigenvalue weighted by Gasteiger charge is 2.28. The zero-order valence-corrected chi connectivity index (χ0v) is 40.4. The zero-order valence-electron chi connectivity index (χ0n) is 40.4. The lowest BCUT2D eigenvalue weighted by Crippen LogP contribution is -2.38. The van der Waals surface area contributed by atoms with Crippen molar-refractivity contribution < 1.29 is 87.2 Å². The van der Waals surface area contributed by atoms with E-state index >= 15 is 0 Å². The highest BCUT2D eigenvalue weighted by molar-refractivity contribution is 5.88. The van der Waals surface area contributed by atoms with Crippen molar-refractivity contribution in [2.24, 2.45) is 11.8 Å². The minimum atomic E-state index is -1.06. The van der Waals surface area contributed by atoms with Crippen LogP contribution in [0.15, 0.2) is 84.9 Å². The van der Waals surface area contributed by atoms with Crippen LogP contribution >= 0.6 is 0 Å². The largest absolute Gasteiger partial charge is 0.504 e. The first kappa shape index (κ1) is 56.6. The summed E-state index contributed by atoms with van der Waals surface area (Å²) in [6.45, 7) is 2.88. The number of ether oxygens (including phenoxy) is 6. The molecule has 1 amide bonds. The number of aromatic hydroxyl groups is 4. The summed E-state index contributed by atoms with van der Waals surface area (Å²) in [6.07, 6.45) is 0.0570. The minimum absolute atomic E-state index is 0.00491. The van der Waals surface area contributed by atoms with Crippen LogP contribution in [0.3, 0.4) is 0 Å². The number of carbonyl (C=O) groups excluding carboxylic acids is 8. The normalized spacial score (nSPS) is 12.5. The van der Waals surface area contributed by atoms with Gasteiger partial charge in [0.15, 0.2) is 23.0 Å². The highest BCUT2D eigenvalue weighted by atomic mass is 16.6. The maximum Gasteiger partial charge on any atom is 0.328 e. The summed E-state index contributed by atoms with van der Waals surface area (Å²) >= 11 is 0. The van der Waals surface area contributed by atoms with E-state index in [1.54, 1.807) is 55.6 Å². The molecule has 0 saturated heterocycles. The molecule has 4 unspecified atom stereocenters. The molecule has 0 fully saturated rings. The molecular weight excluding hydrogens is 941 g/mol. The molecule has 20 nitrogen and oxygen atoms in total. The Labute approximate surface area is 415 Å². The van der Waals surface area contributed by atoms with Gasteiger partial charge in [0.2, 0.25) is 5.91 Å². The van der Waals surface area contributed by atoms with E-state index < -0.39 is 71.4 Å². The van der Waals surface area contributed by atoms with Crippen LogP contribution in [0.2, 0.25) is 0 Å². The third-order valence-corrected chi connectivity index (χ3v) is 10.8. The van der Waals surface area contributed by atoms with Gasteiger partial charge in [-0.25, -0.2) is 4.79 Å². The van der Waals surface area contributed by atoms with Crippen molar-refractivity contribution in [1.82, 2.24) is 10.6 Å². The van der Waals surface area contributed by atoms with Gasteiger partial charge in [0.1, 0.15) is 55.8 Å². The number of hydrogen-bond acceptors (Lipinski definition) is 19. The fourth-order valence-electron chi connectivity index (χ4n) is 6.96. The Balaban J connectivity index is 1.29. The second-order valence-corrected chi connectivity index (χ2v) is 16.8. The Morgan fingerprint density at radius 3 is 1.40 bits per heavy atom. The first-order chi connectivity index (χ1) is 34.3. The third-order valence-electron chi connectivity index (χ3n) is 10.8. The van der Waals surface area contributed by atoms with Crippen molar-refractivity contribution in [3.8, 4) is 34.5 Å². The number of rotatable bonds is 28. The van der Waals surface area contributed by atoms with Gasteiger partial charge in [-0.15, -0.1) is 0 Å². The summed E-state index contributed by atoms with van der Waals surface area (Å²) in [4.78, 5) is 101. The average molecular weight is 1000 g/mol. The van der Waals surface area contributed by atoms with Crippen molar-refractivity contribution in [2.75, 3.05) is 33.5 Å². The van der Waals surface area contributed by atoms with E-state index in [2.05, 4.69) is 10.6 Å². The van der Waals surface area contributed by atoms with Crippen molar-refractivity contribution >= 4 is 47.5 Å². The lowest BCUT2D eigenvalue weighted by atomic mass is 9.91. The van der Waals surface area contributed by atoms with Crippen LogP contribution in [0.5, 0.6) is 34.5 Å². The van der Waals surface area contributed by atoms with Gasteiger partial charge in [-0.3, -0.25) is 33.6 Å². The van der Waals surface area contributed by atoms with Crippen LogP contribution < -0.4 is 20.1 Å². The van der Waals surface area contributed by atoms with E-state index in [1.165, 1.54) is 57.2 Å². The van der Waals surface area contributed by atoms with Gasteiger partial charge < -0.3 is 59.5 Å². The molecule has 4 aromatic rings. The molecule has 0 radical (unpaired) electrons. The number of likely N-dealkylation sites (N-methyl/N-ethyl adjacent to an activating group) is 1. The van der Waals surface area contributed by atoms with Crippen LogP contribution in [0.25, 0.3) is 0 Å². The molecule has 4 rings (SSSR count). The summed E-state index contributed by atoms with van der Waals surface area (Å²) in [5, 5.41) is 43.7. The van der Waals surface area contributed by atoms with Crippen molar-refractivity contribution in [3.05, 3.63) is 107 Å². The van der Waals surface area contributed by atoms with Crippen LogP contribution in [-0.4, -0.2) is 113 Å². The Kier molecular flexibility index (Phi) is 22.5. The van der Waals surface area contributed by atoms with E-state index in [9.17, 15) is 58.8 Å². The molecule has 0 heterocycles. The highest BCUT2D eigenvalue weighted by Crippen LogP contribution is 2.27. The topological polar surface area (TPSA) is 297 Å². The summed E-state index contributed by atoms with van der Waals surface area (Å²) < 4.78 is 31.9. The van der Waals surface area contributed by atoms with Crippen LogP contribution in [-0.2, 0) is 83.0 Å². The van der Waals surface area contributed by atoms with Crippen LogP contribution in [0, 0.1) is 11.8 Å². The van der Waals surface area contributed by atoms with Gasteiger partial charge in [-0.1, -0.05) is 43.3 Å². The third kappa shape index (κ3) is 19.8. The second kappa shape index (κ2) is 28.6. The zero-order chi connectivity index (χ0) is 52.7. The number of phenols is 4. The number of benzene rings is 4. The molecule has 0 bridgehead atoms. The number of ketones is 1. The molecule has 0 aromatic heterocycles. The number of aryl methyl sites for hydroxylation is 2. The standard InChI is InChI=1S/C52H60N2O18/c1-31(49(63)67-21-22-68-50(64)32(2)54-33(3)55)25-39(56)30-38(26-34-5-13-40(14-6-34)71-47(61)19-11-36-9-17-43(57)45(59)28-36)51(65)69-23-24-70-52(66)42(53-4)27-35-7-15-41(16-8-35)72-48(62)20-12-37-10-18-44(58)46(60)29-37/h5-10,13-18,28-29,31-32,38,42,53,57-60H,11-12,19-27,30H2,1-4H3,(H,54,55). The monoisotopic (exact) mass is 1000 g/mol. The summed E-state index contributed by atoms with van der Waals surface area (Å²) in [5.41, 5.74) is 2.53. The Morgan fingerprint density at radius 2 is 0.944 bits per heavy atom. The number of hydrogen-bond donors (Lipinski definition) is 6. The summed E-state index contributed by atoms with van der Waals surface area (Å²) in [6, 6.07) is 19.5. The fraction of sp³-hybridized carbons (Fsp3) is 0.385. The average Bonchev–Trinajstić information content (AvgIpc) is 3.34. The number of nitrogens with one attached hydrogen (secondary N) is 2. The van der Waals surface area contributed by atoms with Crippen molar-refractivity contribution in [1.29, 1.82) is 0 Å². The quantitative estimate of drug-likeness (QED) is 0.0152. The predicted octanol–water partition coefficient (Wildman–Crippen LogP) is 4.26. The number of phenolic OH excluding ortho intramolecular Hbond substituents is 4. The molecule has 386 valence electrons. The molecule has 0 saturated carbocycles. The number of amides is 1. The number of esters is 6. The van der Waals surface area contributed by atoms with Crippen molar-refractivity contribution in [2.45, 2.75) is 84.2 Å². The van der Waals surface area contributed by atoms with Gasteiger partial charge in [0.05, 0.1) is 11.8 Å². The molecule has 4 aromatic carbocycles. The Bertz CT molecular complexity index is 2510. The van der Waals surface area contributed by atoms with E-state index in [0.717, 1.165) is 0 Å². The Hall–Kier alpha value is -8.00. The van der Waals surface area contributed by atoms with E-state index in [-0.39, 0.29) is 112 Å². The number of Topliss-reactive ketones (excluding diaryl/α,β-unsaturated/α-hetero) is 1. The lowest BCUT2D eigenvalue weighted by Gasteiger charge is -2.18. The smallest absolute Gasteiger partial charge is 0.328 e. The molecular formula is C52H60N2O18. The molecule has 6 N–H and O–H groups in total. The molecule has 20 heteroatoms. The summed E-state index contributed by atoms with van der Waals surface area (Å²) in [5.74, 6) is -7.52. The van der Waals surface area contributed by atoms with Crippen LogP contribution in [0.1, 0.15) is 68.7 Å². The van der Waals surface area contributed by atoms with Crippen molar-refractivity contribution in [3.63, 3.8) is 0 Å². The van der Waals surface area contributed by atoms with Gasteiger partial charge in [-0.2, -0.15) is 0 Å². The molecule has 0 aliphatic carbocycles. The summed E-state index contributed by atoms with van der Waals surface area (Å²) in [7, 11) is 1.57. The number of carbonyl (C=O) groups is 8. The SMILES string of the molecule is CNC(Cc1ccc(OC(=O)CCc2ccc(O)c(O)c2)cc1)C(=O)OCCOC(=O)C(CC(=O)CC(C)C(=O)OCCOC(=O)C(C)NC(C)=O)Cc1ccc(OC(=O)CCc2ccc(O)c(O)c2)cc1. The maximum absolute atomic E-state index is 13.5.